The first kappa shape index (κ1) is 9.34. The van der Waals surface area contributed by atoms with Gasteiger partial charge in [-0.2, -0.15) is 5.10 Å². The van der Waals surface area contributed by atoms with Crippen LogP contribution in [0.5, 0.6) is 0 Å². The smallest absolute Gasteiger partial charge is 0.177 e. The number of aryl methyl sites for hydroxylation is 1. The minimum absolute atomic E-state index is 0.392. The molecule has 0 unspecified atom stereocenters. The highest BCUT2D eigenvalue weighted by Gasteiger charge is 2.00. The topological polar surface area (TPSA) is 77.3 Å². The highest BCUT2D eigenvalue weighted by molar-refractivity contribution is 8.13. The molecule has 1 heterocycles. The fraction of sp³-hybridized carbons (Fsp3) is 0.333. The quantitative estimate of drug-likeness (QED) is 0.323. The Bertz CT molecular complexity index is 281. The summed E-state index contributed by atoms with van der Waals surface area (Å²) in [5.74, 6) is 5.71. The van der Waals surface area contributed by atoms with Crippen molar-refractivity contribution < 1.29 is 0 Å². The van der Waals surface area contributed by atoms with Gasteiger partial charge < -0.3 is 11.6 Å². The number of hydrogen-bond donors (Lipinski definition) is 2. The predicted molar refractivity (Wildman–Crippen MR) is 54.0 cm³/mol. The van der Waals surface area contributed by atoms with Crippen molar-refractivity contribution in [2.24, 2.45) is 16.7 Å². The fourth-order valence-electron chi connectivity index (χ4n) is 0.642. The number of hydrazone groups is 1. The second-order valence-corrected chi connectivity index (χ2v) is 4.08. The molecule has 4 nitrogen and oxygen atoms in total. The summed E-state index contributed by atoms with van der Waals surface area (Å²) in [6.45, 7) is 1.96. The van der Waals surface area contributed by atoms with E-state index >= 15 is 0 Å². The van der Waals surface area contributed by atoms with Crippen molar-refractivity contribution in [1.29, 1.82) is 0 Å². The Morgan fingerprint density at radius 1 is 1.83 bits per heavy atom. The number of nitrogens with zero attached hydrogens (tertiary/aromatic N) is 2. The average molecular weight is 202 g/mol. The number of nitrogens with two attached hydrogens (primary N) is 2. The molecule has 1 rings (SSSR count). The molecule has 0 fully saturated rings. The third kappa shape index (κ3) is 2.71. The Hall–Kier alpha value is -0.750. The molecular weight excluding hydrogens is 192 g/mol. The van der Waals surface area contributed by atoms with E-state index in [9.17, 15) is 0 Å². The van der Waals surface area contributed by atoms with E-state index in [1.54, 1.807) is 11.3 Å². The largest absolute Gasteiger partial charge is 0.377 e. The Balaban J connectivity index is 2.43. The van der Waals surface area contributed by atoms with Crippen molar-refractivity contribution in [3.63, 3.8) is 0 Å². The van der Waals surface area contributed by atoms with Crippen LogP contribution in [0.4, 0.5) is 0 Å². The maximum atomic E-state index is 5.39. The van der Waals surface area contributed by atoms with Gasteiger partial charge in [0, 0.05) is 11.1 Å². The minimum Gasteiger partial charge on any atom is -0.377 e. The van der Waals surface area contributed by atoms with Gasteiger partial charge in [-0.15, -0.1) is 11.3 Å². The van der Waals surface area contributed by atoms with Gasteiger partial charge in [0.1, 0.15) is 5.01 Å². The van der Waals surface area contributed by atoms with E-state index in [1.165, 1.54) is 11.8 Å². The SMILES string of the molecule is Cc1csc(CSC(N)=NN)n1. The predicted octanol–water partition coefficient (Wildman–Crippen LogP) is 0.873. The van der Waals surface area contributed by atoms with Gasteiger partial charge in [0.05, 0.1) is 5.75 Å². The number of thiazole rings is 1. The van der Waals surface area contributed by atoms with E-state index < -0.39 is 0 Å². The molecule has 0 bridgehead atoms. The van der Waals surface area contributed by atoms with E-state index in [0.29, 0.717) is 5.17 Å². The van der Waals surface area contributed by atoms with Crippen LogP contribution >= 0.6 is 23.1 Å². The van der Waals surface area contributed by atoms with Crippen molar-refractivity contribution >= 4 is 28.3 Å². The maximum Gasteiger partial charge on any atom is 0.177 e. The molecule has 0 amide bonds. The lowest BCUT2D eigenvalue weighted by Gasteiger charge is -1.94. The van der Waals surface area contributed by atoms with E-state index in [2.05, 4.69) is 10.1 Å². The molecule has 0 saturated heterocycles. The van der Waals surface area contributed by atoms with Crippen molar-refractivity contribution in [3.05, 3.63) is 16.1 Å². The third-order valence-electron chi connectivity index (χ3n) is 1.14. The van der Waals surface area contributed by atoms with Crippen LogP contribution in [0.1, 0.15) is 10.7 Å². The first-order valence-corrected chi connectivity index (χ1v) is 5.16. The molecular formula is C6H10N4S2. The second kappa shape index (κ2) is 4.32. The normalized spacial score (nSPS) is 11.9. The van der Waals surface area contributed by atoms with Crippen molar-refractivity contribution in [3.8, 4) is 0 Å². The Morgan fingerprint density at radius 3 is 3.08 bits per heavy atom. The zero-order chi connectivity index (χ0) is 8.97. The molecule has 0 aliphatic rings. The van der Waals surface area contributed by atoms with Crippen molar-refractivity contribution in [2.45, 2.75) is 12.7 Å². The molecule has 12 heavy (non-hydrogen) atoms. The molecule has 0 spiro atoms. The third-order valence-corrected chi connectivity index (χ3v) is 3.11. The van der Waals surface area contributed by atoms with Crippen molar-refractivity contribution in [2.75, 3.05) is 0 Å². The number of amidine groups is 1. The van der Waals surface area contributed by atoms with E-state index in [-0.39, 0.29) is 0 Å². The van der Waals surface area contributed by atoms with Gasteiger partial charge in [-0.05, 0) is 6.92 Å². The van der Waals surface area contributed by atoms with Gasteiger partial charge in [0.25, 0.3) is 0 Å². The zero-order valence-corrected chi connectivity index (χ0v) is 8.28. The van der Waals surface area contributed by atoms with Crippen LogP contribution in [-0.2, 0) is 5.75 Å². The number of rotatable bonds is 2. The molecule has 0 aromatic carbocycles. The summed E-state index contributed by atoms with van der Waals surface area (Å²) in [5.41, 5.74) is 6.43. The summed E-state index contributed by atoms with van der Waals surface area (Å²) in [6.07, 6.45) is 0. The highest BCUT2D eigenvalue weighted by Crippen LogP contribution is 2.15. The van der Waals surface area contributed by atoms with Crippen LogP contribution in [0.25, 0.3) is 0 Å². The first-order chi connectivity index (χ1) is 5.72. The molecule has 66 valence electrons. The van der Waals surface area contributed by atoms with E-state index in [1.807, 2.05) is 12.3 Å². The summed E-state index contributed by atoms with van der Waals surface area (Å²) < 4.78 is 0. The summed E-state index contributed by atoms with van der Waals surface area (Å²) >= 11 is 3.01. The molecule has 1 aromatic heterocycles. The number of aromatic nitrogens is 1. The molecule has 0 aliphatic heterocycles. The van der Waals surface area contributed by atoms with Crippen LogP contribution in [-0.4, -0.2) is 10.2 Å². The second-order valence-electron chi connectivity index (χ2n) is 2.14. The van der Waals surface area contributed by atoms with Crippen LogP contribution in [0.3, 0.4) is 0 Å². The van der Waals surface area contributed by atoms with Crippen LogP contribution in [0.2, 0.25) is 0 Å². The Labute approximate surface area is 79.1 Å². The number of hydrogen-bond acceptors (Lipinski definition) is 5. The van der Waals surface area contributed by atoms with Gasteiger partial charge in [-0.25, -0.2) is 4.98 Å². The van der Waals surface area contributed by atoms with Gasteiger partial charge in [-0.1, -0.05) is 11.8 Å². The van der Waals surface area contributed by atoms with E-state index in [0.717, 1.165) is 16.5 Å². The minimum atomic E-state index is 0.392. The monoisotopic (exact) mass is 202 g/mol. The summed E-state index contributed by atoms with van der Waals surface area (Å²) in [5, 5.41) is 6.79. The summed E-state index contributed by atoms with van der Waals surface area (Å²) in [6, 6.07) is 0. The summed E-state index contributed by atoms with van der Waals surface area (Å²) in [4.78, 5) is 4.26. The molecule has 1 aromatic rings. The molecule has 0 aliphatic carbocycles. The van der Waals surface area contributed by atoms with Gasteiger partial charge in [-0.3, -0.25) is 0 Å². The van der Waals surface area contributed by atoms with Crippen LogP contribution in [0.15, 0.2) is 10.5 Å². The average Bonchev–Trinajstić information content (AvgIpc) is 2.47. The molecule has 6 heteroatoms. The van der Waals surface area contributed by atoms with Gasteiger partial charge >= 0.3 is 0 Å². The lowest BCUT2D eigenvalue weighted by molar-refractivity contribution is 1.19. The lowest BCUT2D eigenvalue weighted by atomic mass is 10.6. The van der Waals surface area contributed by atoms with Crippen LogP contribution in [0, 0.1) is 6.92 Å². The van der Waals surface area contributed by atoms with Crippen LogP contribution < -0.4 is 11.6 Å². The Kier molecular flexibility index (Phi) is 3.36. The van der Waals surface area contributed by atoms with Gasteiger partial charge in [0.2, 0.25) is 0 Å². The first-order valence-electron chi connectivity index (χ1n) is 3.29. The lowest BCUT2D eigenvalue weighted by Crippen LogP contribution is -2.09. The maximum absolute atomic E-state index is 5.39. The standard InChI is InChI=1S/C6H10N4S2/c1-4-2-11-5(9-4)3-12-6(7)10-8/h2H,3,8H2,1H3,(H2,7,10). The van der Waals surface area contributed by atoms with E-state index in [4.69, 9.17) is 11.6 Å². The molecule has 4 N–H and O–H groups in total. The van der Waals surface area contributed by atoms with Gasteiger partial charge in [0.15, 0.2) is 5.17 Å². The molecule has 0 saturated carbocycles. The Morgan fingerprint density at radius 2 is 2.58 bits per heavy atom. The fourth-order valence-corrected chi connectivity index (χ4v) is 2.06. The molecule has 0 atom stereocenters. The number of thioether (sulfide) groups is 1. The zero-order valence-electron chi connectivity index (χ0n) is 6.65. The van der Waals surface area contributed by atoms with Crippen molar-refractivity contribution in [1.82, 2.24) is 4.98 Å². The highest BCUT2D eigenvalue weighted by atomic mass is 32.2. The molecule has 0 radical (unpaired) electrons. The summed E-state index contributed by atoms with van der Waals surface area (Å²) in [7, 11) is 0.